The number of nitrogens with one attached hydrogen (secondary N) is 1. The monoisotopic (exact) mass is 499 g/mol. The third-order valence-electron chi connectivity index (χ3n) is 6.77. The van der Waals surface area contributed by atoms with Gasteiger partial charge in [0.1, 0.15) is 11.6 Å². The van der Waals surface area contributed by atoms with Crippen LogP contribution in [0.5, 0.6) is 5.75 Å². The molecule has 1 saturated heterocycles. The van der Waals surface area contributed by atoms with E-state index in [9.17, 15) is 18.3 Å². The lowest BCUT2D eigenvalue weighted by atomic mass is 9.84. The molecule has 0 spiro atoms. The summed E-state index contributed by atoms with van der Waals surface area (Å²) in [4.78, 5) is 15.3. The average Bonchev–Trinajstić information content (AvgIpc) is 3.07. The van der Waals surface area contributed by atoms with E-state index in [0.29, 0.717) is 23.5 Å². The number of hydrogen-bond donors (Lipinski definition) is 2. The van der Waals surface area contributed by atoms with Gasteiger partial charge in [0.15, 0.2) is 5.78 Å². The fourth-order valence-electron chi connectivity index (χ4n) is 4.81. The standard InChI is InChI=1S/C27H37N3O4S/c1-7-11-19-16-30(26(28)24(19)18-12-9-8-10-13-18)17-23(31)20-14-21(27(2,3)4)25(32)22(15-20)29(5)35(6,33)34/h8-10,12-15,19,24,28,32H,7,11,16-17H2,1-6H3/t19-,24+/m0/s1. The predicted molar refractivity (Wildman–Crippen MR) is 141 cm³/mol. The summed E-state index contributed by atoms with van der Waals surface area (Å²) in [6, 6.07) is 13.1. The average molecular weight is 500 g/mol. The van der Waals surface area contributed by atoms with E-state index in [1.165, 1.54) is 13.1 Å². The lowest BCUT2D eigenvalue weighted by molar-refractivity contribution is 0.0963. The van der Waals surface area contributed by atoms with E-state index in [2.05, 4.69) is 6.92 Å². The van der Waals surface area contributed by atoms with Crippen LogP contribution in [0, 0.1) is 11.3 Å². The van der Waals surface area contributed by atoms with Crippen molar-refractivity contribution in [2.24, 2.45) is 5.92 Å². The van der Waals surface area contributed by atoms with Crippen molar-refractivity contribution < 1.29 is 18.3 Å². The van der Waals surface area contributed by atoms with Crippen LogP contribution >= 0.6 is 0 Å². The normalized spacial score (nSPS) is 18.7. The molecule has 7 nitrogen and oxygen atoms in total. The Morgan fingerprint density at radius 3 is 2.37 bits per heavy atom. The van der Waals surface area contributed by atoms with Gasteiger partial charge in [-0.1, -0.05) is 64.4 Å². The van der Waals surface area contributed by atoms with Crippen molar-refractivity contribution in [3.8, 4) is 5.75 Å². The Hall–Kier alpha value is -2.87. The van der Waals surface area contributed by atoms with E-state index in [0.717, 1.165) is 29.0 Å². The molecule has 2 N–H and O–H groups in total. The van der Waals surface area contributed by atoms with Crippen LogP contribution in [0.4, 0.5) is 5.69 Å². The minimum absolute atomic E-state index is 0.0266. The van der Waals surface area contributed by atoms with Crippen LogP contribution in [-0.4, -0.2) is 56.4 Å². The number of benzene rings is 2. The van der Waals surface area contributed by atoms with E-state index in [1.54, 1.807) is 6.07 Å². The van der Waals surface area contributed by atoms with Gasteiger partial charge in [-0.25, -0.2) is 8.42 Å². The van der Waals surface area contributed by atoms with Gasteiger partial charge in [-0.05, 0) is 35.4 Å². The maximum Gasteiger partial charge on any atom is 0.232 e. The highest BCUT2D eigenvalue weighted by Gasteiger charge is 2.38. The van der Waals surface area contributed by atoms with E-state index < -0.39 is 15.4 Å². The number of amidine groups is 1. The van der Waals surface area contributed by atoms with Gasteiger partial charge in [-0.3, -0.25) is 14.5 Å². The smallest absolute Gasteiger partial charge is 0.232 e. The first kappa shape index (κ1) is 26.7. The maximum atomic E-state index is 13.5. The van der Waals surface area contributed by atoms with Gasteiger partial charge in [0, 0.05) is 30.6 Å². The number of sulfonamides is 1. The van der Waals surface area contributed by atoms with Crippen molar-refractivity contribution in [3.05, 3.63) is 59.2 Å². The number of likely N-dealkylation sites (tertiary alicyclic amines) is 1. The molecule has 2 aromatic carbocycles. The number of carbonyl (C=O) groups excluding carboxylic acids is 1. The van der Waals surface area contributed by atoms with Crippen LogP contribution in [-0.2, 0) is 15.4 Å². The van der Waals surface area contributed by atoms with Crippen LogP contribution in [0.1, 0.15) is 67.9 Å². The topological polar surface area (TPSA) is 102 Å². The van der Waals surface area contributed by atoms with E-state index in [-0.39, 0.29) is 35.6 Å². The molecule has 35 heavy (non-hydrogen) atoms. The number of Topliss-reactive ketones (excluding diaryl/α,β-unsaturated/α-hetero) is 1. The zero-order valence-corrected chi connectivity index (χ0v) is 22.3. The summed E-state index contributed by atoms with van der Waals surface area (Å²) >= 11 is 0. The Balaban J connectivity index is 1.96. The first-order chi connectivity index (χ1) is 16.3. The molecule has 190 valence electrons. The van der Waals surface area contributed by atoms with Crippen molar-refractivity contribution >= 4 is 27.3 Å². The summed E-state index contributed by atoms with van der Waals surface area (Å²) in [5.41, 5.74) is 1.46. The Morgan fingerprint density at radius 1 is 1.20 bits per heavy atom. The van der Waals surface area contributed by atoms with Crippen LogP contribution in [0.3, 0.4) is 0 Å². The number of hydrogen-bond acceptors (Lipinski definition) is 5. The third kappa shape index (κ3) is 5.69. The first-order valence-electron chi connectivity index (χ1n) is 12.0. The summed E-state index contributed by atoms with van der Waals surface area (Å²) in [7, 11) is -2.29. The minimum Gasteiger partial charge on any atom is -0.505 e. The van der Waals surface area contributed by atoms with Crippen molar-refractivity contribution in [2.45, 2.75) is 51.9 Å². The molecule has 1 fully saturated rings. The van der Waals surface area contributed by atoms with Gasteiger partial charge < -0.3 is 10.0 Å². The SMILES string of the molecule is CCC[C@H]1CN(CC(=O)c2cc(N(C)S(C)(=O)=O)c(O)c(C(C)(C)C)c2)C(=N)[C@@H]1c1ccccc1. The summed E-state index contributed by atoms with van der Waals surface area (Å²) in [6.07, 6.45) is 3.02. The molecule has 1 heterocycles. The Kier molecular flexibility index (Phi) is 7.65. The quantitative estimate of drug-likeness (QED) is 0.510. The van der Waals surface area contributed by atoms with Crippen molar-refractivity contribution in [3.63, 3.8) is 0 Å². The summed E-state index contributed by atoms with van der Waals surface area (Å²) in [6.45, 7) is 8.48. The molecule has 8 heteroatoms. The zero-order chi connectivity index (χ0) is 26.1. The number of anilines is 1. The highest BCUT2D eigenvalue weighted by Crippen LogP contribution is 2.40. The molecule has 0 unspecified atom stereocenters. The van der Waals surface area contributed by atoms with Gasteiger partial charge in [-0.15, -0.1) is 0 Å². The van der Waals surface area contributed by atoms with E-state index >= 15 is 0 Å². The van der Waals surface area contributed by atoms with Crippen molar-refractivity contribution in [1.29, 1.82) is 5.41 Å². The number of phenolic OH excluding ortho intramolecular Hbond substituents is 1. The summed E-state index contributed by atoms with van der Waals surface area (Å²) < 4.78 is 25.4. The second-order valence-electron chi connectivity index (χ2n) is 10.5. The third-order valence-corrected chi connectivity index (χ3v) is 7.96. The Bertz CT molecular complexity index is 1200. The Morgan fingerprint density at radius 2 is 1.83 bits per heavy atom. The number of aromatic hydroxyl groups is 1. The number of carbonyl (C=O) groups is 1. The number of ketones is 1. The van der Waals surface area contributed by atoms with Gasteiger partial charge in [0.2, 0.25) is 10.0 Å². The maximum absolute atomic E-state index is 13.5. The lowest BCUT2D eigenvalue weighted by Crippen LogP contribution is -2.32. The van der Waals surface area contributed by atoms with Crippen molar-refractivity contribution in [1.82, 2.24) is 4.90 Å². The molecular formula is C27H37N3O4S. The number of phenols is 1. The first-order valence-corrected chi connectivity index (χ1v) is 13.8. The molecule has 0 bridgehead atoms. The van der Waals surface area contributed by atoms with Crippen LogP contribution in [0.25, 0.3) is 0 Å². The molecule has 1 aliphatic rings. The molecule has 1 aliphatic heterocycles. The molecule has 0 aromatic heterocycles. The molecule has 0 radical (unpaired) electrons. The molecule has 2 aromatic rings. The molecule has 0 saturated carbocycles. The second kappa shape index (κ2) is 10.0. The van der Waals surface area contributed by atoms with Crippen molar-refractivity contribution in [2.75, 3.05) is 30.7 Å². The lowest BCUT2D eigenvalue weighted by Gasteiger charge is -2.27. The highest BCUT2D eigenvalue weighted by molar-refractivity contribution is 7.92. The fraction of sp³-hybridized carbons (Fsp3) is 0.481. The van der Waals surface area contributed by atoms with E-state index in [4.69, 9.17) is 5.41 Å². The van der Waals surface area contributed by atoms with Crippen LogP contribution in [0.15, 0.2) is 42.5 Å². The Labute approximate surface area is 209 Å². The molecular weight excluding hydrogens is 462 g/mol. The van der Waals surface area contributed by atoms with Gasteiger partial charge in [-0.2, -0.15) is 0 Å². The summed E-state index contributed by atoms with van der Waals surface area (Å²) in [5.74, 6) is 0.266. The van der Waals surface area contributed by atoms with Gasteiger partial charge in [0.05, 0.1) is 18.5 Å². The van der Waals surface area contributed by atoms with Gasteiger partial charge in [0.25, 0.3) is 0 Å². The van der Waals surface area contributed by atoms with Crippen LogP contribution in [0.2, 0.25) is 0 Å². The van der Waals surface area contributed by atoms with E-state index in [1.807, 2.05) is 56.0 Å². The summed E-state index contributed by atoms with van der Waals surface area (Å²) in [5, 5.41) is 19.8. The minimum atomic E-state index is -3.65. The molecule has 2 atom stereocenters. The number of nitrogens with zero attached hydrogens (tertiary/aromatic N) is 2. The predicted octanol–water partition coefficient (Wildman–Crippen LogP) is 4.76. The molecule has 3 rings (SSSR count). The van der Waals surface area contributed by atoms with Crippen LogP contribution < -0.4 is 4.31 Å². The highest BCUT2D eigenvalue weighted by atomic mass is 32.2. The largest absolute Gasteiger partial charge is 0.505 e. The molecule has 0 amide bonds. The fourth-order valence-corrected chi connectivity index (χ4v) is 5.31. The zero-order valence-electron chi connectivity index (χ0n) is 21.5. The molecule has 0 aliphatic carbocycles. The second-order valence-corrected chi connectivity index (χ2v) is 12.5. The van der Waals surface area contributed by atoms with Gasteiger partial charge >= 0.3 is 0 Å². The number of rotatable bonds is 8.